The van der Waals surface area contributed by atoms with Gasteiger partial charge in [-0.25, -0.2) is 0 Å². The number of nitrogens with one attached hydrogen (secondary N) is 3. The first kappa shape index (κ1) is 24.6. The van der Waals surface area contributed by atoms with Crippen molar-refractivity contribution in [2.24, 2.45) is 10.7 Å². The Morgan fingerprint density at radius 1 is 1.38 bits per heavy atom. The van der Waals surface area contributed by atoms with Crippen LogP contribution >= 0.6 is 23.5 Å². The number of rotatable bonds is 6. The maximum absolute atomic E-state index is 12.7. The fraction of sp³-hybridized carbons (Fsp3) is 0.438. The number of aromatic nitrogens is 3. The number of anilines is 1. The molecular formula is C16H17N8NaO5S2. The molecule has 3 atom stereocenters. The Balaban J connectivity index is 0.00000289. The summed E-state index contributed by atoms with van der Waals surface area (Å²) in [6.07, 6.45) is 0.0906. The van der Waals surface area contributed by atoms with Crippen LogP contribution in [0.2, 0.25) is 0 Å². The van der Waals surface area contributed by atoms with E-state index in [2.05, 4.69) is 30.8 Å². The van der Waals surface area contributed by atoms with E-state index in [9.17, 15) is 24.3 Å². The van der Waals surface area contributed by atoms with E-state index in [1.807, 2.05) is 0 Å². The standard InChI is InChI=1S/C16H18N8O5S2.Na/c1-5(25)18-16-21-11(22-23-16)7-4-30-13-9(12(27)24(13)10(7)14(28)29)20-8(26)2-6-3-31-15(17)19-6;/h6,9,13H,2-4H2,1H3,(H2,17,19)(H,20,26)(H,28,29)(H2,18,21,22,23,25);/q;+1/p-1/t6?,9?,13-;/m0./s1. The zero-order chi connectivity index (χ0) is 22.3. The third-order valence-corrected chi connectivity index (χ3v) is 6.92. The summed E-state index contributed by atoms with van der Waals surface area (Å²) < 4.78 is 0. The maximum Gasteiger partial charge on any atom is 1.00 e. The first-order valence-electron chi connectivity index (χ1n) is 9.09. The van der Waals surface area contributed by atoms with Gasteiger partial charge in [0.15, 0.2) is 11.0 Å². The molecule has 16 heteroatoms. The number of carbonyl (C=O) groups is 4. The minimum atomic E-state index is -1.55. The van der Waals surface area contributed by atoms with Gasteiger partial charge >= 0.3 is 29.6 Å². The number of hydrogen-bond acceptors (Lipinski definition) is 11. The number of carbonyl (C=O) groups excluding carboxylic acids is 4. The summed E-state index contributed by atoms with van der Waals surface area (Å²) in [4.78, 5) is 57.2. The number of fused-ring (bicyclic) bond motifs is 1. The monoisotopic (exact) mass is 488 g/mol. The number of nitrogens with two attached hydrogens (primary N) is 1. The maximum atomic E-state index is 12.7. The van der Waals surface area contributed by atoms with E-state index in [0.717, 1.165) is 4.90 Å². The number of hydrogen-bond donors (Lipinski definition) is 4. The van der Waals surface area contributed by atoms with Crippen LogP contribution < -0.4 is 51.0 Å². The number of aromatic amines is 1. The molecule has 3 aliphatic rings. The van der Waals surface area contributed by atoms with E-state index < -0.39 is 23.3 Å². The largest absolute Gasteiger partial charge is 1.00 e. The summed E-state index contributed by atoms with van der Waals surface area (Å²) in [6.45, 7) is 1.28. The normalized spacial score (nSPS) is 24.2. The van der Waals surface area contributed by atoms with Gasteiger partial charge in [0.2, 0.25) is 17.8 Å². The molecule has 0 bridgehead atoms. The quantitative estimate of drug-likeness (QED) is 0.221. The fourth-order valence-electron chi connectivity index (χ4n) is 3.39. The predicted octanol–water partition coefficient (Wildman–Crippen LogP) is -5.55. The SMILES string of the molecule is CC(=O)Nc1n[nH]c(C2=C(C(=O)[O-])N3C(=O)C(NC(=O)CC4CSC(N)=N4)[C@@H]3SC2)n1.[Na+]. The molecule has 1 saturated heterocycles. The Kier molecular flexibility index (Phi) is 7.54. The minimum Gasteiger partial charge on any atom is -0.543 e. The third kappa shape index (κ3) is 4.80. The zero-order valence-corrected chi connectivity index (χ0v) is 20.7. The molecule has 3 amide bonds. The van der Waals surface area contributed by atoms with Gasteiger partial charge in [0.05, 0.1) is 17.7 Å². The molecule has 1 aromatic heterocycles. The molecule has 0 spiro atoms. The molecule has 0 aromatic carbocycles. The van der Waals surface area contributed by atoms with Crippen LogP contribution in [-0.4, -0.2) is 77.9 Å². The van der Waals surface area contributed by atoms with Gasteiger partial charge in [-0.05, 0) is 0 Å². The summed E-state index contributed by atoms with van der Waals surface area (Å²) in [6, 6.07) is -1.10. The Morgan fingerprint density at radius 3 is 2.75 bits per heavy atom. The van der Waals surface area contributed by atoms with Crippen LogP contribution in [0, 0.1) is 0 Å². The summed E-state index contributed by atoms with van der Waals surface area (Å²) in [5.41, 5.74) is 5.46. The van der Waals surface area contributed by atoms with E-state index in [-0.39, 0.29) is 82.6 Å². The van der Waals surface area contributed by atoms with E-state index in [1.54, 1.807) is 0 Å². The topological polar surface area (TPSA) is 199 Å². The number of carboxylic acid groups (broad SMARTS) is 1. The summed E-state index contributed by atoms with van der Waals surface area (Å²) in [5, 5.41) is 23.1. The number of amidine groups is 1. The van der Waals surface area contributed by atoms with E-state index in [4.69, 9.17) is 5.73 Å². The second-order valence-electron chi connectivity index (χ2n) is 6.89. The average Bonchev–Trinajstić information content (AvgIpc) is 3.33. The van der Waals surface area contributed by atoms with Gasteiger partial charge in [0.25, 0.3) is 5.91 Å². The van der Waals surface area contributed by atoms with Crippen LogP contribution in [0.1, 0.15) is 19.2 Å². The molecule has 3 aliphatic heterocycles. The molecule has 0 radical (unpaired) electrons. The van der Waals surface area contributed by atoms with Crippen molar-refractivity contribution in [2.75, 3.05) is 16.8 Å². The van der Waals surface area contributed by atoms with Crippen LogP contribution in [0.25, 0.3) is 5.57 Å². The first-order chi connectivity index (χ1) is 14.7. The van der Waals surface area contributed by atoms with Crippen molar-refractivity contribution in [1.82, 2.24) is 25.4 Å². The number of H-pyrrole nitrogens is 1. The number of amides is 3. The number of carboxylic acids is 1. The van der Waals surface area contributed by atoms with Gasteiger partial charge in [0.1, 0.15) is 11.4 Å². The van der Waals surface area contributed by atoms with Crippen molar-refractivity contribution in [3.63, 3.8) is 0 Å². The molecule has 4 heterocycles. The van der Waals surface area contributed by atoms with Gasteiger partial charge in [0, 0.05) is 30.4 Å². The predicted molar refractivity (Wildman–Crippen MR) is 110 cm³/mol. The van der Waals surface area contributed by atoms with Crippen LogP contribution in [0.3, 0.4) is 0 Å². The molecule has 0 saturated carbocycles. The second kappa shape index (κ2) is 9.82. The zero-order valence-electron chi connectivity index (χ0n) is 17.1. The van der Waals surface area contributed by atoms with Crippen molar-refractivity contribution >= 4 is 63.9 Å². The van der Waals surface area contributed by atoms with Crippen molar-refractivity contribution < 1.29 is 53.8 Å². The van der Waals surface area contributed by atoms with Crippen LogP contribution in [-0.2, 0) is 19.2 Å². The smallest absolute Gasteiger partial charge is 0.543 e. The molecular weight excluding hydrogens is 471 g/mol. The molecule has 2 unspecified atom stereocenters. The third-order valence-electron chi connectivity index (χ3n) is 4.69. The van der Waals surface area contributed by atoms with E-state index >= 15 is 0 Å². The Bertz CT molecular complexity index is 1040. The number of aliphatic imine (C=N–C) groups is 1. The van der Waals surface area contributed by atoms with Crippen LogP contribution in [0.5, 0.6) is 0 Å². The summed E-state index contributed by atoms with van der Waals surface area (Å²) >= 11 is 2.64. The molecule has 32 heavy (non-hydrogen) atoms. The van der Waals surface area contributed by atoms with Crippen molar-refractivity contribution in [2.45, 2.75) is 30.8 Å². The van der Waals surface area contributed by atoms with E-state index in [1.165, 1.54) is 30.4 Å². The minimum absolute atomic E-state index is 0. The molecule has 164 valence electrons. The summed E-state index contributed by atoms with van der Waals surface area (Å²) in [5.74, 6) is -2.01. The average molecular weight is 488 g/mol. The first-order valence-corrected chi connectivity index (χ1v) is 11.1. The Hall–Kier alpha value is -2.07. The van der Waals surface area contributed by atoms with Crippen molar-refractivity contribution in [1.29, 1.82) is 0 Å². The van der Waals surface area contributed by atoms with E-state index in [0.29, 0.717) is 10.9 Å². The molecule has 13 nitrogen and oxygen atoms in total. The number of thioether (sulfide) groups is 2. The number of β-lactam (4-membered cyclic amide) rings is 1. The van der Waals surface area contributed by atoms with Gasteiger partial charge in [-0.3, -0.25) is 34.7 Å². The fourth-order valence-corrected chi connectivity index (χ4v) is 5.51. The molecule has 1 fully saturated rings. The van der Waals surface area contributed by atoms with Gasteiger partial charge in [-0.1, -0.05) is 11.8 Å². The number of aliphatic carboxylic acids is 1. The van der Waals surface area contributed by atoms with Crippen molar-refractivity contribution in [3.8, 4) is 0 Å². The van der Waals surface area contributed by atoms with Crippen LogP contribution in [0.15, 0.2) is 10.7 Å². The van der Waals surface area contributed by atoms with Gasteiger partial charge < -0.3 is 21.0 Å². The van der Waals surface area contributed by atoms with Crippen LogP contribution in [0.4, 0.5) is 5.95 Å². The molecule has 1 aromatic rings. The summed E-state index contributed by atoms with van der Waals surface area (Å²) in [7, 11) is 0. The number of nitrogens with zero attached hydrogens (tertiary/aromatic N) is 4. The van der Waals surface area contributed by atoms with Crippen molar-refractivity contribution in [3.05, 3.63) is 11.5 Å². The Labute approximate surface area is 212 Å². The Morgan fingerprint density at radius 2 is 2.12 bits per heavy atom. The van der Waals surface area contributed by atoms with Gasteiger partial charge in [-0.2, -0.15) is 4.98 Å². The molecule has 5 N–H and O–H groups in total. The van der Waals surface area contributed by atoms with Gasteiger partial charge in [-0.15, -0.1) is 16.9 Å². The second-order valence-corrected chi connectivity index (χ2v) is 9.04. The molecule has 4 rings (SSSR count). The molecule has 0 aliphatic carbocycles.